The average Bonchev–Trinajstić information content (AvgIpc) is 2.74. The van der Waals surface area contributed by atoms with E-state index in [4.69, 9.17) is 4.74 Å². The molecule has 1 heterocycles. The Bertz CT molecular complexity index is 622. The van der Waals surface area contributed by atoms with E-state index in [1.165, 1.54) is 4.90 Å². The molecule has 2 atom stereocenters. The van der Waals surface area contributed by atoms with Crippen LogP contribution in [0, 0.1) is 11.8 Å². The van der Waals surface area contributed by atoms with Gasteiger partial charge in [0.25, 0.3) is 5.91 Å². The number of ketones is 1. The van der Waals surface area contributed by atoms with Gasteiger partial charge in [-0.05, 0) is 49.4 Å². The average molecular weight is 315 g/mol. The number of benzene rings is 1. The lowest BCUT2D eigenvalue weighted by Gasteiger charge is -2.30. The minimum atomic E-state index is -0.281. The molecule has 1 aromatic rings. The van der Waals surface area contributed by atoms with Crippen molar-refractivity contribution in [2.45, 2.75) is 32.1 Å². The predicted molar refractivity (Wildman–Crippen MR) is 84.1 cm³/mol. The Labute approximate surface area is 135 Å². The minimum absolute atomic E-state index is 0.0543. The van der Waals surface area contributed by atoms with Gasteiger partial charge in [-0.25, -0.2) is 0 Å². The summed E-state index contributed by atoms with van der Waals surface area (Å²) in [5.74, 6) is 0.532. The number of methoxy groups -OCH3 is 1. The number of hydrogen-bond acceptors (Lipinski definition) is 4. The largest absolute Gasteiger partial charge is 0.497 e. The lowest BCUT2D eigenvalue weighted by atomic mass is 9.76. The van der Waals surface area contributed by atoms with Crippen LogP contribution in [0.2, 0.25) is 0 Å². The van der Waals surface area contributed by atoms with Gasteiger partial charge < -0.3 is 4.74 Å². The van der Waals surface area contributed by atoms with Gasteiger partial charge in [0.2, 0.25) is 5.91 Å². The molecule has 0 aromatic heterocycles. The fourth-order valence-electron chi connectivity index (χ4n) is 3.64. The lowest BCUT2D eigenvalue weighted by Crippen LogP contribution is -2.40. The molecule has 1 aliphatic heterocycles. The lowest BCUT2D eigenvalue weighted by molar-refractivity contribution is -0.128. The summed E-state index contributed by atoms with van der Waals surface area (Å²) in [7, 11) is 1.56. The Morgan fingerprint density at radius 3 is 2.57 bits per heavy atom. The zero-order valence-corrected chi connectivity index (χ0v) is 13.3. The van der Waals surface area contributed by atoms with Crippen molar-refractivity contribution in [3.63, 3.8) is 0 Å². The third kappa shape index (κ3) is 3.14. The molecule has 5 heteroatoms. The van der Waals surface area contributed by atoms with E-state index in [0.29, 0.717) is 30.7 Å². The predicted octanol–water partition coefficient (Wildman–Crippen LogP) is 2.44. The van der Waals surface area contributed by atoms with E-state index in [9.17, 15) is 14.4 Å². The van der Waals surface area contributed by atoms with Crippen LogP contribution in [0.3, 0.4) is 0 Å². The van der Waals surface area contributed by atoms with E-state index in [0.717, 1.165) is 12.8 Å². The molecule has 1 saturated carbocycles. The van der Waals surface area contributed by atoms with Crippen LogP contribution in [-0.2, 0) is 9.59 Å². The summed E-state index contributed by atoms with van der Waals surface area (Å²) in [6, 6.07) is 6.76. The molecule has 0 spiro atoms. The van der Waals surface area contributed by atoms with E-state index in [1.807, 2.05) is 0 Å². The van der Waals surface area contributed by atoms with Crippen LogP contribution in [0.25, 0.3) is 0 Å². The second kappa shape index (κ2) is 6.52. The molecule has 2 unspecified atom stereocenters. The van der Waals surface area contributed by atoms with Crippen molar-refractivity contribution in [2.75, 3.05) is 13.7 Å². The number of fused-ring (bicyclic) bond motifs is 1. The van der Waals surface area contributed by atoms with E-state index < -0.39 is 0 Å². The molecule has 23 heavy (non-hydrogen) atoms. The summed E-state index contributed by atoms with van der Waals surface area (Å²) < 4.78 is 5.09. The SMILES string of the molecule is COc1ccc(C(=O)N2CC3CCCC(=O)C3CCC2=O)cc1. The van der Waals surface area contributed by atoms with Crippen molar-refractivity contribution in [1.82, 2.24) is 4.90 Å². The van der Waals surface area contributed by atoms with Crippen LogP contribution in [0.4, 0.5) is 0 Å². The zero-order chi connectivity index (χ0) is 16.4. The number of ether oxygens (including phenoxy) is 1. The summed E-state index contributed by atoms with van der Waals surface area (Å²) in [5.41, 5.74) is 0.472. The van der Waals surface area contributed by atoms with Gasteiger partial charge in [-0.3, -0.25) is 19.3 Å². The Kier molecular flexibility index (Phi) is 4.46. The molecule has 0 bridgehead atoms. The van der Waals surface area contributed by atoms with Gasteiger partial charge in [-0.15, -0.1) is 0 Å². The Morgan fingerprint density at radius 1 is 1.13 bits per heavy atom. The van der Waals surface area contributed by atoms with Crippen molar-refractivity contribution in [3.8, 4) is 5.75 Å². The summed E-state index contributed by atoms with van der Waals surface area (Å²) in [4.78, 5) is 38.5. The van der Waals surface area contributed by atoms with Gasteiger partial charge in [0.15, 0.2) is 0 Å². The minimum Gasteiger partial charge on any atom is -0.497 e. The second-order valence-corrected chi connectivity index (χ2v) is 6.30. The quantitative estimate of drug-likeness (QED) is 0.786. The maximum Gasteiger partial charge on any atom is 0.260 e. The number of nitrogens with zero attached hydrogens (tertiary/aromatic N) is 1. The molecule has 122 valence electrons. The van der Waals surface area contributed by atoms with Gasteiger partial charge in [0, 0.05) is 30.9 Å². The van der Waals surface area contributed by atoms with Crippen LogP contribution < -0.4 is 4.74 Å². The Hall–Kier alpha value is -2.17. The van der Waals surface area contributed by atoms with Crippen molar-refractivity contribution < 1.29 is 19.1 Å². The molecule has 2 amide bonds. The standard InChI is InChI=1S/C18H21NO4/c1-23-14-7-5-12(6-8-14)18(22)19-11-13-3-2-4-16(20)15(13)9-10-17(19)21/h5-8,13,15H,2-4,9-11H2,1H3. The van der Waals surface area contributed by atoms with Crippen molar-refractivity contribution >= 4 is 17.6 Å². The second-order valence-electron chi connectivity index (χ2n) is 6.30. The molecule has 1 saturated heterocycles. The first-order valence-corrected chi connectivity index (χ1v) is 8.11. The number of amides is 2. The van der Waals surface area contributed by atoms with Gasteiger partial charge in [0.05, 0.1) is 7.11 Å². The molecule has 5 nitrogen and oxygen atoms in total. The van der Waals surface area contributed by atoms with Gasteiger partial charge in [-0.2, -0.15) is 0 Å². The van der Waals surface area contributed by atoms with Gasteiger partial charge in [0.1, 0.15) is 11.5 Å². The van der Waals surface area contributed by atoms with E-state index in [2.05, 4.69) is 0 Å². The molecule has 1 aromatic carbocycles. The number of carbonyl (C=O) groups is 3. The number of carbonyl (C=O) groups excluding carboxylic acids is 3. The smallest absolute Gasteiger partial charge is 0.260 e. The van der Waals surface area contributed by atoms with E-state index in [-0.39, 0.29) is 35.9 Å². The maximum absolute atomic E-state index is 12.7. The number of Topliss-reactive ketones (excluding diaryl/α,β-unsaturated/α-hetero) is 1. The Balaban J connectivity index is 1.80. The number of hydrogen-bond donors (Lipinski definition) is 0. The molecular formula is C18H21NO4. The third-order valence-corrected chi connectivity index (χ3v) is 4.95. The zero-order valence-electron chi connectivity index (χ0n) is 13.3. The first-order valence-electron chi connectivity index (χ1n) is 8.11. The number of rotatable bonds is 2. The molecule has 1 aliphatic carbocycles. The highest BCUT2D eigenvalue weighted by molar-refractivity contribution is 6.05. The molecule has 2 fully saturated rings. The molecular weight excluding hydrogens is 294 g/mol. The van der Waals surface area contributed by atoms with Crippen molar-refractivity contribution in [3.05, 3.63) is 29.8 Å². The number of likely N-dealkylation sites (tertiary alicyclic amines) is 1. The molecule has 2 aliphatic rings. The van der Waals surface area contributed by atoms with Crippen molar-refractivity contribution in [1.29, 1.82) is 0 Å². The summed E-state index contributed by atoms with van der Waals surface area (Å²) >= 11 is 0. The van der Waals surface area contributed by atoms with Crippen molar-refractivity contribution in [2.24, 2.45) is 11.8 Å². The summed E-state index contributed by atoms with van der Waals surface area (Å²) in [5, 5.41) is 0. The van der Waals surface area contributed by atoms with E-state index in [1.54, 1.807) is 31.4 Å². The summed E-state index contributed by atoms with van der Waals surface area (Å²) in [6.07, 6.45) is 3.24. The highest BCUT2D eigenvalue weighted by Gasteiger charge is 2.38. The highest BCUT2D eigenvalue weighted by Crippen LogP contribution is 2.34. The van der Waals surface area contributed by atoms with Crippen LogP contribution in [0.15, 0.2) is 24.3 Å². The molecule has 3 rings (SSSR count). The first kappa shape index (κ1) is 15.7. The van der Waals surface area contributed by atoms with Crippen LogP contribution in [0.1, 0.15) is 42.5 Å². The normalized spacial score (nSPS) is 24.8. The van der Waals surface area contributed by atoms with Crippen LogP contribution in [-0.4, -0.2) is 36.2 Å². The number of imide groups is 1. The first-order chi connectivity index (χ1) is 11.1. The Morgan fingerprint density at radius 2 is 1.87 bits per heavy atom. The van der Waals surface area contributed by atoms with Gasteiger partial charge >= 0.3 is 0 Å². The molecule has 0 N–H and O–H groups in total. The maximum atomic E-state index is 12.7. The fraction of sp³-hybridized carbons (Fsp3) is 0.500. The fourth-order valence-corrected chi connectivity index (χ4v) is 3.64. The van der Waals surface area contributed by atoms with Crippen LogP contribution in [0.5, 0.6) is 5.75 Å². The summed E-state index contributed by atoms with van der Waals surface area (Å²) in [6.45, 7) is 0.361. The third-order valence-electron chi connectivity index (χ3n) is 4.95. The van der Waals surface area contributed by atoms with Crippen LogP contribution >= 0.6 is 0 Å². The van der Waals surface area contributed by atoms with Gasteiger partial charge in [-0.1, -0.05) is 0 Å². The topological polar surface area (TPSA) is 63.7 Å². The molecule has 0 radical (unpaired) electrons. The van der Waals surface area contributed by atoms with E-state index >= 15 is 0 Å². The highest BCUT2D eigenvalue weighted by atomic mass is 16.5. The monoisotopic (exact) mass is 315 g/mol.